The highest BCUT2D eigenvalue weighted by atomic mass is 16.1. The number of hydrogen-bond donors (Lipinski definition) is 1. The van der Waals surface area contributed by atoms with Crippen molar-refractivity contribution >= 4 is 5.91 Å². The Labute approximate surface area is 127 Å². The molecule has 1 aliphatic rings. The molecule has 0 radical (unpaired) electrons. The quantitative estimate of drug-likeness (QED) is 0.868. The van der Waals surface area contributed by atoms with Gasteiger partial charge in [0, 0.05) is 13.0 Å². The zero-order valence-corrected chi connectivity index (χ0v) is 12.6. The first kappa shape index (κ1) is 15.6. The molecule has 1 aromatic rings. The summed E-state index contributed by atoms with van der Waals surface area (Å²) in [6.07, 6.45) is 9.16. The van der Waals surface area contributed by atoms with Gasteiger partial charge in [-0.15, -0.1) is 0 Å². The number of aryl methyl sites for hydroxylation is 1. The van der Waals surface area contributed by atoms with E-state index in [2.05, 4.69) is 11.4 Å². The van der Waals surface area contributed by atoms with E-state index in [1.54, 1.807) is 12.1 Å². The topological polar surface area (TPSA) is 52.9 Å². The second kappa shape index (κ2) is 8.46. The third-order valence-corrected chi connectivity index (χ3v) is 4.32. The van der Waals surface area contributed by atoms with Gasteiger partial charge in [-0.25, -0.2) is 0 Å². The number of nitrogens with one attached hydrogen (secondary N) is 1. The van der Waals surface area contributed by atoms with Crippen LogP contribution in [0.3, 0.4) is 0 Å². The molecular formula is C18H24N2O. The van der Waals surface area contributed by atoms with Gasteiger partial charge in [0.2, 0.25) is 5.91 Å². The normalized spacial score (nSPS) is 15.4. The average Bonchev–Trinajstić information content (AvgIpc) is 2.54. The van der Waals surface area contributed by atoms with Crippen molar-refractivity contribution in [3.8, 4) is 6.07 Å². The Morgan fingerprint density at radius 2 is 1.90 bits per heavy atom. The first-order valence-corrected chi connectivity index (χ1v) is 8.03. The fourth-order valence-electron chi connectivity index (χ4n) is 2.98. The lowest BCUT2D eigenvalue weighted by atomic mass is 9.87. The molecule has 0 spiro atoms. The molecule has 0 aliphatic heterocycles. The number of hydrogen-bond acceptors (Lipinski definition) is 2. The summed E-state index contributed by atoms with van der Waals surface area (Å²) in [7, 11) is 0. The zero-order chi connectivity index (χ0) is 14.9. The molecule has 0 unspecified atom stereocenters. The molecule has 3 heteroatoms. The first-order valence-electron chi connectivity index (χ1n) is 8.03. The molecule has 112 valence electrons. The molecule has 1 aliphatic carbocycles. The molecule has 1 N–H and O–H groups in total. The van der Waals surface area contributed by atoms with Gasteiger partial charge in [0.1, 0.15) is 0 Å². The molecule has 0 bridgehead atoms. The van der Waals surface area contributed by atoms with Crippen LogP contribution in [0.1, 0.15) is 56.1 Å². The minimum absolute atomic E-state index is 0.134. The summed E-state index contributed by atoms with van der Waals surface area (Å²) in [5.74, 6) is 0.952. The Morgan fingerprint density at radius 3 is 2.57 bits per heavy atom. The largest absolute Gasteiger partial charge is 0.356 e. The van der Waals surface area contributed by atoms with Crippen molar-refractivity contribution in [2.45, 2.75) is 51.4 Å². The third-order valence-electron chi connectivity index (χ3n) is 4.32. The van der Waals surface area contributed by atoms with Gasteiger partial charge in [0.25, 0.3) is 0 Å². The highest BCUT2D eigenvalue weighted by Crippen LogP contribution is 2.25. The van der Waals surface area contributed by atoms with E-state index in [-0.39, 0.29) is 5.91 Å². The Balaban J connectivity index is 1.61. The Hall–Kier alpha value is -1.82. The van der Waals surface area contributed by atoms with Crippen LogP contribution in [0, 0.1) is 17.2 Å². The van der Waals surface area contributed by atoms with Crippen molar-refractivity contribution in [1.82, 2.24) is 5.32 Å². The third kappa shape index (κ3) is 5.59. The maximum absolute atomic E-state index is 11.8. The van der Waals surface area contributed by atoms with Gasteiger partial charge in [-0.2, -0.15) is 5.26 Å². The summed E-state index contributed by atoms with van der Waals surface area (Å²) in [5, 5.41) is 11.8. The van der Waals surface area contributed by atoms with Gasteiger partial charge in [-0.05, 0) is 36.5 Å². The highest BCUT2D eigenvalue weighted by Gasteiger charge is 2.13. The van der Waals surface area contributed by atoms with Crippen molar-refractivity contribution in [2.24, 2.45) is 5.92 Å². The number of nitriles is 1. The molecule has 0 aromatic heterocycles. The molecular weight excluding hydrogens is 260 g/mol. The van der Waals surface area contributed by atoms with Crippen molar-refractivity contribution < 1.29 is 4.79 Å². The van der Waals surface area contributed by atoms with E-state index in [1.807, 2.05) is 12.1 Å². The second-order valence-corrected chi connectivity index (χ2v) is 5.95. The zero-order valence-electron chi connectivity index (χ0n) is 12.6. The molecule has 2 rings (SSSR count). The summed E-state index contributed by atoms with van der Waals surface area (Å²) < 4.78 is 0. The number of carbonyl (C=O) groups excluding carboxylic acids is 1. The lowest BCUT2D eigenvalue weighted by Gasteiger charge is -2.21. The van der Waals surface area contributed by atoms with E-state index >= 15 is 0 Å². The van der Waals surface area contributed by atoms with Crippen molar-refractivity contribution in [3.05, 3.63) is 35.4 Å². The minimum atomic E-state index is 0.134. The van der Waals surface area contributed by atoms with Crippen LogP contribution in [0.15, 0.2) is 24.3 Å². The van der Waals surface area contributed by atoms with E-state index in [0.717, 1.165) is 30.9 Å². The predicted octanol–water partition coefficient (Wildman–Crippen LogP) is 3.58. The Morgan fingerprint density at radius 1 is 1.19 bits per heavy atom. The minimum Gasteiger partial charge on any atom is -0.356 e. The molecule has 21 heavy (non-hydrogen) atoms. The smallest absolute Gasteiger partial charge is 0.220 e. The maximum Gasteiger partial charge on any atom is 0.220 e. The molecule has 0 atom stereocenters. The summed E-state index contributed by atoms with van der Waals surface area (Å²) in [6.45, 7) is 0.816. The second-order valence-electron chi connectivity index (χ2n) is 5.95. The van der Waals surface area contributed by atoms with Crippen LogP contribution in [-0.4, -0.2) is 12.5 Å². The van der Waals surface area contributed by atoms with Crippen LogP contribution in [0.5, 0.6) is 0 Å². The SMILES string of the molecule is N#Cc1ccc(CCC(=O)NCCC2CCCCC2)cc1. The fraction of sp³-hybridized carbons (Fsp3) is 0.556. The summed E-state index contributed by atoms with van der Waals surface area (Å²) >= 11 is 0. The predicted molar refractivity (Wildman–Crippen MR) is 83.7 cm³/mol. The molecule has 1 fully saturated rings. The van der Waals surface area contributed by atoms with Crippen LogP contribution in [0.4, 0.5) is 0 Å². The van der Waals surface area contributed by atoms with Crippen LogP contribution in [-0.2, 0) is 11.2 Å². The van der Waals surface area contributed by atoms with E-state index in [4.69, 9.17) is 5.26 Å². The number of rotatable bonds is 6. The van der Waals surface area contributed by atoms with Crippen molar-refractivity contribution in [3.63, 3.8) is 0 Å². The van der Waals surface area contributed by atoms with E-state index in [0.29, 0.717) is 12.0 Å². The standard InChI is InChI=1S/C18H24N2O/c19-14-17-8-6-16(7-9-17)10-11-18(21)20-13-12-15-4-2-1-3-5-15/h6-9,15H,1-5,10-13H2,(H,20,21). The van der Waals surface area contributed by atoms with E-state index < -0.39 is 0 Å². The fourth-order valence-corrected chi connectivity index (χ4v) is 2.98. The number of amides is 1. The molecule has 1 amide bonds. The van der Waals surface area contributed by atoms with Gasteiger partial charge in [-0.3, -0.25) is 4.79 Å². The number of benzene rings is 1. The van der Waals surface area contributed by atoms with Crippen molar-refractivity contribution in [1.29, 1.82) is 5.26 Å². The van der Waals surface area contributed by atoms with Crippen LogP contribution >= 0.6 is 0 Å². The van der Waals surface area contributed by atoms with Gasteiger partial charge < -0.3 is 5.32 Å². The monoisotopic (exact) mass is 284 g/mol. The maximum atomic E-state index is 11.8. The molecule has 1 saturated carbocycles. The Kier molecular flexibility index (Phi) is 6.27. The van der Waals surface area contributed by atoms with Crippen LogP contribution < -0.4 is 5.32 Å². The van der Waals surface area contributed by atoms with Crippen LogP contribution in [0.2, 0.25) is 0 Å². The van der Waals surface area contributed by atoms with E-state index in [1.165, 1.54) is 32.1 Å². The lowest BCUT2D eigenvalue weighted by Crippen LogP contribution is -2.26. The average molecular weight is 284 g/mol. The number of carbonyl (C=O) groups is 1. The lowest BCUT2D eigenvalue weighted by molar-refractivity contribution is -0.121. The highest BCUT2D eigenvalue weighted by molar-refractivity contribution is 5.76. The van der Waals surface area contributed by atoms with E-state index in [9.17, 15) is 4.79 Å². The summed E-state index contributed by atoms with van der Waals surface area (Å²) in [5.41, 5.74) is 1.77. The van der Waals surface area contributed by atoms with Gasteiger partial charge >= 0.3 is 0 Å². The molecule has 1 aromatic carbocycles. The van der Waals surface area contributed by atoms with Gasteiger partial charge in [-0.1, -0.05) is 44.2 Å². The summed E-state index contributed by atoms with van der Waals surface area (Å²) in [4.78, 5) is 11.8. The van der Waals surface area contributed by atoms with Crippen molar-refractivity contribution in [2.75, 3.05) is 6.54 Å². The Bertz CT molecular complexity index is 481. The first-order chi connectivity index (χ1) is 10.3. The van der Waals surface area contributed by atoms with Crippen LogP contribution in [0.25, 0.3) is 0 Å². The number of nitrogens with zero attached hydrogens (tertiary/aromatic N) is 1. The van der Waals surface area contributed by atoms with Gasteiger partial charge in [0.05, 0.1) is 11.6 Å². The molecule has 0 heterocycles. The summed E-state index contributed by atoms with van der Waals surface area (Å²) in [6, 6.07) is 9.55. The van der Waals surface area contributed by atoms with Gasteiger partial charge in [0.15, 0.2) is 0 Å². The molecule has 3 nitrogen and oxygen atoms in total. The molecule has 0 saturated heterocycles.